The number of guanidine groups is 1. The number of aromatic nitrogens is 1. The summed E-state index contributed by atoms with van der Waals surface area (Å²) >= 11 is 3.18. The van der Waals surface area contributed by atoms with Crippen LogP contribution in [0.3, 0.4) is 0 Å². The molecule has 2 heterocycles. The van der Waals surface area contributed by atoms with Crippen LogP contribution in [0.5, 0.6) is 0 Å². The van der Waals surface area contributed by atoms with E-state index in [0.717, 1.165) is 28.4 Å². The molecule has 1 atom stereocenters. The van der Waals surface area contributed by atoms with Crippen LogP contribution in [0.4, 0.5) is 0 Å². The number of aliphatic hydroxyl groups is 1. The third-order valence-electron chi connectivity index (χ3n) is 4.08. The number of benzene rings is 1. The first-order valence-corrected chi connectivity index (χ1v) is 10.7. The molecule has 1 unspecified atom stereocenters. The summed E-state index contributed by atoms with van der Waals surface area (Å²) in [6.45, 7) is 5.44. The van der Waals surface area contributed by atoms with E-state index >= 15 is 0 Å². The highest BCUT2D eigenvalue weighted by Gasteiger charge is 2.23. The van der Waals surface area contributed by atoms with Crippen LogP contribution in [0.1, 0.15) is 24.4 Å². The second kappa shape index (κ2) is 9.12. The predicted octanol–water partition coefficient (Wildman–Crippen LogP) is 3.83. The van der Waals surface area contributed by atoms with Crippen LogP contribution < -0.4 is 10.6 Å². The highest BCUT2D eigenvalue weighted by atomic mass is 32.1. The third-order valence-corrected chi connectivity index (χ3v) is 5.60. The zero-order valence-corrected chi connectivity index (χ0v) is 17.1. The monoisotopic (exact) mass is 400 g/mol. The lowest BCUT2D eigenvalue weighted by Crippen LogP contribution is -2.44. The molecule has 0 saturated heterocycles. The number of aliphatic imine (C=N–C) groups is 1. The van der Waals surface area contributed by atoms with Crippen molar-refractivity contribution in [1.82, 2.24) is 15.6 Å². The molecule has 2 aromatic heterocycles. The Hall–Kier alpha value is -2.22. The van der Waals surface area contributed by atoms with Gasteiger partial charge in [0.05, 0.1) is 18.8 Å². The van der Waals surface area contributed by atoms with Gasteiger partial charge in [0.1, 0.15) is 10.6 Å². The molecule has 3 N–H and O–H groups in total. The molecule has 27 heavy (non-hydrogen) atoms. The molecule has 0 aliphatic rings. The van der Waals surface area contributed by atoms with Gasteiger partial charge >= 0.3 is 0 Å². The van der Waals surface area contributed by atoms with Crippen molar-refractivity contribution in [3.8, 4) is 11.3 Å². The Labute approximate surface area is 167 Å². The van der Waals surface area contributed by atoms with E-state index in [4.69, 9.17) is 0 Å². The summed E-state index contributed by atoms with van der Waals surface area (Å²) in [4.78, 5) is 9.28. The van der Waals surface area contributed by atoms with E-state index in [9.17, 15) is 5.11 Å². The van der Waals surface area contributed by atoms with Gasteiger partial charge < -0.3 is 15.7 Å². The summed E-state index contributed by atoms with van der Waals surface area (Å²) in [7, 11) is 0. The van der Waals surface area contributed by atoms with Gasteiger partial charge in [0.15, 0.2) is 5.96 Å². The first kappa shape index (κ1) is 19.5. The fourth-order valence-corrected chi connectivity index (χ4v) is 4.05. The van der Waals surface area contributed by atoms with Crippen LogP contribution in [-0.4, -0.2) is 29.1 Å². The van der Waals surface area contributed by atoms with Gasteiger partial charge in [-0.2, -0.15) is 11.3 Å². The van der Waals surface area contributed by atoms with Crippen LogP contribution in [0.15, 0.2) is 57.5 Å². The molecule has 3 rings (SSSR count). The fourth-order valence-electron chi connectivity index (χ4n) is 2.54. The lowest BCUT2D eigenvalue weighted by Gasteiger charge is -2.24. The predicted molar refractivity (Wildman–Crippen MR) is 114 cm³/mol. The molecule has 0 bridgehead atoms. The molecule has 7 heteroatoms. The Morgan fingerprint density at radius 2 is 2.00 bits per heavy atom. The Bertz CT molecular complexity index is 857. The van der Waals surface area contributed by atoms with Crippen LogP contribution in [0.2, 0.25) is 0 Å². The van der Waals surface area contributed by atoms with E-state index in [1.54, 1.807) is 29.6 Å². The first-order chi connectivity index (χ1) is 13.1. The zero-order chi connectivity index (χ0) is 19.1. The summed E-state index contributed by atoms with van der Waals surface area (Å²) < 4.78 is 0. The second-order valence-electron chi connectivity index (χ2n) is 6.33. The molecule has 0 aliphatic heterocycles. The minimum atomic E-state index is -0.947. The molecule has 5 nitrogen and oxygen atoms in total. The average molecular weight is 401 g/mol. The first-order valence-electron chi connectivity index (χ1n) is 8.85. The minimum Gasteiger partial charge on any atom is -0.384 e. The standard InChI is InChI=1S/C20H24N4OS2/c1-3-21-19(23-14-20(2,25)16-9-10-26-12-16)22-11-18-24-17(13-27-18)15-7-5-4-6-8-15/h4-10,12-13,25H,3,11,14H2,1-2H3,(H2,21,22,23). The zero-order valence-electron chi connectivity index (χ0n) is 15.5. The van der Waals surface area contributed by atoms with Crippen molar-refractivity contribution in [3.63, 3.8) is 0 Å². The summed E-state index contributed by atoms with van der Waals surface area (Å²) in [5.41, 5.74) is 2.05. The van der Waals surface area contributed by atoms with Crippen LogP contribution in [0, 0.1) is 0 Å². The van der Waals surface area contributed by atoms with Crippen molar-refractivity contribution in [2.45, 2.75) is 26.0 Å². The molecule has 0 aliphatic carbocycles. The number of rotatable bonds is 7. The van der Waals surface area contributed by atoms with Gasteiger partial charge in [0, 0.05) is 17.5 Å². The normalized spacial score (nSPS) is 14.0. The largest absolute Gasteiger partial charge is 0.384 e. The quantitative estimate of drug-likeness (QED) is 0.416. The maximum atomic E-state index is 10.7. The maximum absolute atomic E-state index is 10.7. The summed E-state index contributed by atoms with van der Waals surface area (Å²) in [5.74, 6) is 0.671. The van der Waals surface area contributed by atoms with Crippen molar-refractivity contribution < 1.29 is 5.11 Å². The van der Waals surface area contributed by atoms with Gasteiger partial charge in [-0.15, -0.1) is 11.3 Å². The summed E-state index contributed by atoms with van der Waals surface area (Å²) in [6, 6.07) is 12.1. The lowest BCUT2D eigenvalue weighted by atomic mass is 9.99. The van der Waals surface area contributed by atoms with E-state index in [0.29, 0.717) is 19.0 Å². The maximum Gasteiger partial charge on any atom is 0.191 e. The molecule has 1 aromatic carbocycles. The van der Waals surface area contributed by atoms with E-state index in [2.05, 4.69) is 38.1 Å². The van der Waals surface area contributed by atoms with Crippen LogP contribution >= 0.6 is 22.7 Å². The van der Waals surface area contributed by atoms with Crippen molar-refractivity contribution >= 4 is 28.6 Å². The van der Waals surface area contributed by atoms with Gasteiger partial charge in [-0.3, -0.25) is 0 Å². The summed E-state index contributed by atoms with van der Waals surface area (Å²) in [5, 5.41) is 24.0. The molecule has 0 fully saturated rings. The van der Waals surface area contributed by atoms with Crippen molar-refractivity contribution in [2.24, 2.45) is 4.99 Å². The average Bonchev–Trinajstić information content (AvgIpc) is 3.37. The van der Waals surface area contributed by atoms with E-state index < -0.39 is 5.60 Å². The lowest BCUT2D eigenvalue weighted by molar-refractivity contribution is 0.0621. The molecule has 0 spiro atoms. The van der Waals surface area contributed by atoms with Crippen LogP contribution in [0.25, 0.3) is 11.3 Å². The van der Waals surface area contributed by atoms with E-state index in [1.807, 2.05) is 41.9 Å². The van der Waals surface area contributed by atoms with E-state index in [1.165, 1.54) is 0 Å². The highest BCUT2D eigenvalue weighted by Crippen LogP contribution is 2.23. The van der Waals surface area contributed by atoms with Gasteiger partial charge in [0.2, 0.25) is 0 Å². The van der Waals surface area contributed by atoms with Crippen molar-refractivity contribution in [1.29, 1.82) is 0 Å². The Morgan fingerprint density at radius 3 is 2.70 bits per heavy atom. The second-order valence-corrected chi connectivity index (χ2v) is 8.05. The number of nitrogens with zero attached hydrogens (tertiary/aromatic N) is 2. The number of nitrogens with one attached hydrogen (secondary N) is 2. The Morgan fingerprint density at radius 1 is 1.19 bits per heavy atom. The Balaban J connectivity index is 1.63. The van der Waals surface area contributed by atoms with Crippen LogP contribution in [-0.2, 0) is 12.1 Å². The topological polar surface area (TPSA) is 69.5 Å². The summed E-state index contributed by atoms with van der Waals surface area (Å²) in [6.07, 6.45) is 0. The van der Waals surface area contributed by atoms with Gasteiger partial charge in [0.25, 0.3) is 0 Å². The van der Waals surface area contributed by atoms with E-state index in [-0.39, 0.29) is 0 Å². The molecule has 0 saturated carbocycles. The molecule has 0 radical (unpaired) electrons. The van der Waals surface area contributed by atoms with Crippen molar-refractivity contribution in [2.75, 3.05) is 13.1 Å². The molecule has 142 valence electrons. The SMILES string of the molecule is CCNC(=NCc1nc(-c2ccccc2)cs1)NCC(C)(O)c1ccsc1. The molecule has 3 aromatic rings. The number of thiophene rings is 1. The molecular weight excluding hydrogens is 376 g/mol. The van der Waals surface area contributed by atoms with Gasteiger partial charge in [-0.1, -0.05) is 30.3 Å². The van der Waals surface area contributed by atoms with Gasteiger partial charge in [-0.05, 0) is 36.2 Å². The van der Waals surface area contributed by atoms with Crippen molar-refractivity contribution in [3.05, 3.63) is 63.1 Å². The minimum absolute atomic E-state index is 0.378. The number of hydrogen-bond acceptors (Lipinski definition) is 5. The molecular formula is C20H24N4OS2. The smallest absolute Gasteiger partial charge is 0.191 e. The fraction of sp³-hybridized carbons (Fsp3) is 0.300. The Kier molecular flexibility index (Phi) is 6.60. The highest BCUT2D eigenvalue weighted by molar-refractivity contribution is 7.10. The third kappa shape index (κ3) is 5.38. The number of thiazole rings is 1. The van der Waals surface area contributed by atoms with Gasteiger partial charge in [-0.25, -0.2) is 9.98 Å². The molecule has 0 amide bonds. The number of hydrogen-bond donors (Lipinski definition) is 3.